The van der Waals surface area contributed by atoms with E-state index in [0.717, 1.165) is 22.4 Å². The van der Waals surface area contributed by atoms with E-state index in [1.54, 1.807) is 4.57 Å². The van der Waals surface area contributed by atoms with Crippen LogP contribution in [0.4, 0.5) is 0 Å². The molecule has 1 heterocycles. The molecule has 0 bridgehead atoms. The third kappa shape index (κ3) is 5.78. The first kappa shape index (κ1) is 29.0. The molecule has 0 aliphatic carbocycles. The van der Waals surface area contributed by atoms with E-state index in [-0.39, 0.29) is 16.9 Å². The quantitative estimate of drug-likeness (QED) is 0.203. The van der Waals surface area contributed by atoms with E-state index in [0.29, 0.717) is 35.3 Å². The minimum atomic E-state index is -0.459. The van der Waals surface area contributed by atoms with Gasteiger partial charge in [0.15, 0.2) is 0 Å². The Morgan fingerprint density at radius 2 is 1.52 bits per heavy atom. The maximum atomic E-state index is 14.4. The molecule has 5 nitrogen and oxygen atoms in total. The first-order valence-electron chi connectivity index (χ1n) is 14.6. The van der Waals surface area contributed by atoms with Crippen molar-refractivity contribution >= 4 is 16.8 Å². The SMILES string of the molecule is CCC(c1nc2ccccc2c(=O)n1-c1ccc(C)c(C)c1)N(Cc1ccccc1)C(=O)c1ccc(C(C)(C)C)cc1. The van der Waals surface area contributed by atoms with Gasteiger partial charge < -0.3 is 4.90 Å². The number of fused-ring (bicyclic) bond motifs is 1. The highest BCUT2D eigenvalue weighted by Gasteiger charge is 2.30. The second-order valence-corrected chi connectivity index (χ2v) is 12.1. The second-order valence-electron chi connectivity index (χ2n) is 12.1. The second kappa shape index (κ2) is 11.8. The standard InChI is InChI=1S/C37H39N3O2/c1-7-33(34-38-32-16-12-11-15-31(32)36(42)40(34)30-22-17-25(2)26(3)23-30)39(24-27-13-9-8-10-14-27)35(41)28-18-20-29(21-19-28)37(4,5)6/h8-23,33H,7,24H2,1-6H3. The summed E-state index contributed by atoms with van der Waals surface area (Å²) in [4.78, 5) is 35.5. The number of aromatic nitrogens is 2. The van der Waals surface area contributed by atoms with Crippen LogP contribution in [0.5, 0.6) is 0 Å². The molecule has 4 aromatic carbocycles. The van der Waals surface area contributed by atoms with Crippen LogP contribution in [0, 0.1) is 13.8 Å². The molecule has 1 aromatic heterocycles. The maximum Gasteiger partial charge on any atom is 0.266 e. The molecule has 0 aliphatic rings. The van der Waals surface area contributed by atoms with Gasteiger partial charge in [0.05, 0.1) is 22.6 Å². The molecule has 5 heteroatoms. The number of para-hydroxylation sites is 1. The van der Waals surface area contributed by atoms with Crippen molar-refractivity contribution in [1.29, 1.82) is 0 Å². The molecule has 1 amide bonds. The van der Waals surface area contributed by atoms with Gasteiger partial charge in [0.1, 0.15) is 5.82 Å². The molecule has 0 saturated heterocycles. The van der Waals surface area contributed by atoms with Crippen LogP contribution in [-0.4, -0.2) is 20.4 Å². The predicted octanol–water partition coefficient (Wildman–Crippen LogP) is 8.09. The molecule has 0 N–H and O–H groups in total. The molecule has 0 saturated carbocycles. The van der Waals surface area contributed by atoms with Crippen LogP contribution >= 0.6 is 0 Å². The molecule has 0 radical (unpaired) electrons. The Balaban J connectivity index is 1.71. The van der Waals surface area contributed by atoms with E-state index in [4.69, 9.17) is 4.98 Å². The van der Waals surface area contributed by atoms with E-state index >= 15 is 0 Å². The molecule has 0 fully saturated rings. The van der Waals surface area contributed by atoms with Gasteiger partial charge in [-0.15, -0.1) is 0 Å². The van der Waals surface area contributed by atoms with Crippen LogP contribution in [0.1, 0.15) is 78.6 Å². The number of nitrogens with zero attached hydrogens (tertiary/aromatic N) is 3. The van der Waals surface area contributed by atoms with Crippen molar-refractivity contribution in [1.82, 2.24) is 14.5 Å². The monoisotopic (exact) mass is 557 g/mol. The Labute approximate surface area is 248 Å². The lowest BCUT2D eigenvalue weighted by molar-refractivity contribution is 0.0640. The summed E-state index contributed by atoms with van der Waals surface area (Å²) in [6.45, 7) is 13.0. The average molecular weight is 558 g/mol. The van der Waals surface area contributed by atoms with Gasteiger partial charge in [-0.25, -0.2) is 4.98 Å². The number of hydrogen-bond donors (Lipinski definition) is 0. The van der Waals surface area contributed by atoms with Crippen LogP contribution in [0.2, 0.25) is 0 Å². The van der Waals surface area contributed by atoms with Crippen LogP contribution in [0.25, 0.3) is 16.6 Å². The topological polar surface area (TPSA) is 55.2 Å². The molecular formula is C37H39N3O2. The van der Waals surface area contributed by atoms with Crippen molar-refractivity contribution in [3.8, 4) is 5.69 Å². The molecule has 5 rings (SSSR count). The van der Waals surface area contributed by atoms with Crippen molar-refractivity contribution in [3.63, 3.8) is 0 Å². The Morgan fingerprint density at radius 3 is 2.17 bits per heavy atom. The lowest BCUT2D eigenvalue weighted by atomic mass is 9.86. The van der Waals surface area contributed by atoms with Crippen molar-refractivity contribution in [2.45, 2.75) is 66.0 Å². The molecule has 42 heavy (non-hydrogen) atoms. The maximum absolute atomic E-state index is 14.4. The summed E-state index contributed by atoms with van der Waals surface area (Å²) in [6, 6.07) is 30.9. The average Bonchev–Trinajstić information content (AvgIpc) is 2.98. The largest absolute Gasteiger partial charge is 0.324 e. The summed E-state index contributed by atoms with van der Waals surface area (Å²) >= 11 is 0. The van der Waals surface area contributed by atoms with E-state index < -0.39 is 6.04 Å². The summed E-state index contributed by atoms with van der Waals surface area (Å²) < 4.78 is 1.71. The van der Waals surface area contributed by atoms with Gasteiger partial charge >= 0.3 is 0 Å². The van der Waals surface area contributed by atoms with Crippen LogP contribution < -0.4 is 5.56 Å². The zero-order chi connectivity index (χ0) is 30.0. The first-order valence-corrected chi connectivity index (χ1v) is 14.6. The lowest BCUT2D eigenvalue weighted by Gasteiger charge is -2.33. The number of aryl methyl sites for hydroxylation is 2. The third-order valence-electron chi connectivity index (χ3n) is 8.07. The zero-order valence-electron chi connectivity index (χ0n) is 25.4. The van der Waals surface area contributed by atoms with Crippen molar-refractivity contribution in [2.75, 3.05) is 0 Å². The smallest absolute Gasteiger partial charge is 0.266 e. The number of amides is 1. The zero-order valence-corrected chi connectivity index (χ0v) is 25.4. The van der Waals surface area contributed by atoms with Crippen LogP contribution in [0.15, 0.2) is 102 Å². The van der Waals surface area contributed by atoms with Crippen molar-refractivity contribution in [2.24, 2.45) is 0 Å². The molecule has 0 spiro atoms. The highest BCUT2D eigenvalue weighted by molar-refractivity contribution is 5.94. The summed E-state index contributed by atoms with van der Waals surface area (Å²) in [7, 11) is 0. The highest BCUT2D eigenvalue weighted by atomic mass is 16.2. The van der Waals surface area contributed by atoms with E-state index in [9.17, 15) is 9.59 Å². The molecule has 0 aliphatic heterocycles. The number of carbonyl (C=O) groups is 1. The van der Waals surface area contributed by atoms with Gasteiger partial charge in [0.25, 0.3) is 11.5 Å². The molecule has 5 aromatic rings. The fraction of sp³-hybridized carbons (Fsp3) is 0.270. The summed E-state index contributed by atoms with van der Waals surface area (Å²) in [5, 5.41) is 0.549. The predicted molar refractivity (Wildman–Crippen MR) is 171 cm³/mol. The van der Waals surface area contributed by atoms with Crippen LogP contribution in [0.3, 0.4) is 0 Å². The van der Waals surface area contributed by atoms with Gasteiger partial charge in [-0.2, -0.15) is 0 Å². The minimum absolute atomic E-state index is 0.0193. The lowest BCUT2D eigenvalue weighted by Crippen LogP contribution is -2.38. The van der Waals surface area contributed by atoms with Crippen molar-refractivity contribution in [3.05, 3.63) is 141 Å². The van der Waals surface area contributed by atoms with Gasteiger partial charge in [0, 0.05) is 12.1 Å². The highest BCUT2D eigenvalue weighted by Crippen LogP contribution is 2.30. The summed E-state index contributed by atoms with van der Waals surface area (Å²) in [5.74, 6) is 0.459. The van der Waals surface area contributed by atoms with Gasteiger partial charge in [-0.05, 0) is 84.3 Å². The van der Waals surface area contributed by atoms with E-state index in [2.05, 4.69) is 27.7 Å². The fourth-order valence-electron chi connectivity index (χ4n) is 5.41. The molecule has 214 valence electrons. The van der Waals surface area contributed by atoms with Crippen molar-refractivity contribution < 1.29 is 4.79 Å². The molecular weight excluding hydrogens is 518 g/mol. The summed E-state index contributed by atoms with van der Waals surface area (Å²) in [6.07, 6.45) is 0.578. The summed E-state index contributed by atoms with van der Waals surface area (Å²) in [5.41, 5.74) is 6.23. The van der Waals surface area contributed by atoms with Gasteiger partial charge in [0.2, 0.25) is 0 Å². The Hall–Kier alpha value is -4.51. The number of benzene rings is 4. The van der Waals surface area contributed by atoms with E-state index in [1.165, 1.54) is 5.56 Å². The molecule has 1 atom stereocenters. The van der Waals surface area contributed by atoms with E-state index in [1.807, 2.05) is 116 Å². The van der Waals surface area contributed by atoms with Crippen LogP contribution in [-0.2, 0) is 12.0 Å². The minimum Gasteiger partial charge on any atom is -0.324 e. The van der Waals surface area contributed by atoms with Gasteiger partial charge in [-0.3, -0.25) is 14.2 Å². The Bertz CT molecular complexity index is 1780. The number of rotatable bonds is 7. The Kier molecular flexibility index (Phi) is 8.13. The third-order valence-corrected chi connectivity index (χ3v) is 8.07. The molecule has 1 unspecified atom stereocenters. The normalized spacial score (nSPS) is 12.3. The Morgan fingerprint density at radius 1 is 0.857 bits per heavy atom. The number of carbonyl (C=O) groups excluding carboxylic acids is 1. The van der Waals surface area contributed by atoms with Gasteiger partial charge in [-0.1, -0.05) is 88.4 Å². The first-order chi connectivity index (χ1) is 20.1. The fourth-order valence-corrected chi connectivity index (χ4v) is 5.41. The number of hydrogen-bond acceptors (Lipinski definition) is 3.